The maximum Gasteiger partial charge on any atom is 0.346 e. The van der Waals surface area contributed by atoms with Crippen LogP contribution < -0.4 is 4.90 Å². The summed E-state index contributed by atoms with van der Waals surface area (Å²) in [6.07, 6.45) is 1.63. The summed E-state index contributed by atoms with van der Waals surface area (Å²) < 4.78 is 1.31. The van der Waals surface area contributed by atoms with Crippen LogP contribution in [0.4, 0.5) is 10.5 Å². The standard InChI is InChI=1S/C16H15ClN6O/c17-12-4-1-2-5-13(12)21-8-10-22(11-9-21)16(24)23-14-6-3-7-18-15(14)19-20-23/h1-7H,8-11H2. The molecule has 1 amide bonds. The third-order valence-electron chi connectivity index (χ3n) is 4.15. The zero-order chi connectivity index (χ0) is 16.5. The number of fused-ring (bicyclic) bond motifs is 1. The van der Waals surface area contributed by atoms with E-state index in [9.17, 15) is 4.79 Å². The average Bonchev–Trinajstić information content (AvgIpc) is 3.06. The Morgan fingerprint density at radius 3 is 2.62 bits per heavy atom. The Labute approximate surface area is 143 Å². The summed E-state index contributed by atoms with van der Waals surface area (Å²) in [5, 5.41) is 8.60. The number of amides is 1. The Morgan fingerprint density at radius 1 is 1.04 bits per heavy atom. The monoisotopic (exact) mass is 342 g/mol. The van der Waals surface area contributed by atoms with Crippen molar-refractivity contribution in [2.24, 2.45) is 0 Å². The van der Waals surface area contributed by atoms with Crippen molar-refractivity contribution in [2.45, 2.75) is 0 Å². The molecule has 0 radical (unpaired) electrons. The van der Waals surface area contributed by atoms with Gasteiger partial charge in [-0.2, -0.15) is 4.68 Å². The second-order valence-electron chi connectivity index (χ2n) is 5.56. The number of anilines is 1. The minimum atomic E-state index is -0.177. The van der Waals surface area contributed by atoms with Crippen molar-refractivity contribution in [3.63, 3.8) is 0 Å². The van der Waals surface area contributed by atoms with E-state index < -0.39 is 0 Å². The van der Waals surface area contributed by atoms with Crippen LogP contribution in [0, 0.1) is 0 Å². The van der Waals surface area contributed by atoms with Gasteiger partial charge in [-0.05, 0) is 24.3 Å². The van der Waals surface area contributed by atoms with E-state index in [0.717, 1.165) is 23.8 Å². The van der Waals surface area contributed by atoms with E-state index in [1.54, 1.807) is 23.2 Å². The first-order valence-corrected chi connectivity index (χ1v) is 8.07. The van der Waals surface area contributed by atoms with Crippen LogP contribution in [0.1, 0.15) is 0 Å². The Bertz CT molecular complexity index is 887. The number of pyridine rings is 1. The predicted octanol–water partition coefficient (Wildman–Crippen LogP) is 2.27. The molecular weight excluding hydrogens is 328 g/mol. The summed E-state index contributed by atoms with van der Waals surface area (Å²) in [6, 6.07) is 11.1. The second kappa shape index (κ2) is 6.09. The minimum Gasteiger partial charge on any atom is -0.367 e. The van der Waals surface area contributed by atoms with Gasteiger partial charge >= 0.3 is 6.03 Å². The van der Waals surface area contributed by atoms with Crippen LogP contribution in [0.3, 0.4) is 0 Å². The van der Waals surface area contributed by atoms with Crippen molar-refractivity contribution >= 4 is 34.5 Å². The Morgan fingerprint density at radius 2 is 1.83 bits per heavy atom. The molecule has 1 fully saturated rings. The van der Waals surface area contributed by atoms with E-state index in [1.165, 1.54) is 4.68 Å². The van der Waals surface area contributed by atoms with E-state index in [0.29, 0.717) is 24.3 Å². The fourth-order valence-electron chi connectivity index (χ4n) is 2.89. The topological polar surface area (TPSA) is 67.2 Å². The number of hydrogen-bond acceptors (Lipinski definition) is 5. The van der Waals surface area contributed by atoms with Gasteiger partial charge in [0.15, 0.2) is 0 Å². The molecule has 7 nitrogen and oxygen atoms in total. The van der Waals surface area contributed by atoms with Crippen LogP contribution in [0.5, 0.6) is 0 Å². The lowest BCUT2D eigenvalue weighted by Gasteiger charge is -2.36. The largest absolute Gasteiger partial charge is 0.367 e. The number of para-hydroxylation sites is 1. The number of carbonyl (C=O) groups is 1. The van der Waals surface area contributed by atoms with Gasteiger partial charge in [0, 0.05) is 32.4 Å². The molecule has 2 aromatic heterocycles. The van der Waals surface area contributed by atoms with Crippen LogP contribution in [0.15, 0.2) is 42.6 Å². The fourth-order valence-corrected chi connectivity index (χ4v) is 3.14. The number of piperazine rings is 1. The summed E-state index contributed by atoms with van der Waals surface area (Å²) in [6.45, 7) is 2.65. The van der Waals surface area contributed by atoms with Gasteiger partial charge in [0.2, 0.25) is 5.65 Å². The highest BCUT2D eigenvalue weighted by atomic mass is 35.5. The summed E-state index contributed by atoms with van der Waals surface area (Å²) in [7, 11) is 0. The quantitative estimate of drug-likeness (QED) is 0.678. The zero-order valence-corrected chi connectivity index (χ0v) is 13.6. The molecule has 3 heterocycles. The van der Waals surface area contributed by atoms with Crippen LogP contribution in [0.2, 0.25) is 5.02 Å². The maximum absolute atomic E-state index is 12.7. The van der Waals surface area contributed by atoms with E-state index in [2.05, 4.69) is 20.2 Å². The molecule has 1 aliphatic heterocycles. The first-order valence-electron chi connectivity index (χ1n) is 7.69. The highest BCUT2D eigenvalue weighted by molar-refractivity contribution is 6.33. The van der Waals surface area contributed by atoms with Crippen molar-refractivity contribution in [1.29, 1.82) is 0 Å². The Balaban J connectivity index is 1.50. The van der Waals surface area contributed by atoms with Crippen molar-refractivity contribution in [2.75, 3.05) is 31.1 Å². The molecule has 0 atom stereocenters. The van der Waals surface area contributed by atoms with Crippen molar-refractivity contribution in [3.8, 4) is 0 Å². The molecule has 0 spiro atoms. The van der Waals surface area contributed by atoms with E-state index in [4.69, 9.17) is 11.6 Å². The molecule has 122 valence electrons. The lowest BCUT2D eigenvalue weighted by Crippen LogP contribution is -2.50. The van der Waals surface area contributed by atoms with E-state index in [1.807, 2.05) is 24.3 Å². The van der Waals surface area contributed by atoms with Crippen LogP contribution in [0.25, 0.3) is 11.2 Å². The third-order valence-corrected chi connectivity index (χ3v) is 4.47. The molecule has 8 heteroatoms. The first kappa shape index (κ1) is 14.9. The van der Waals surface area contributed by atoms with Crippen molar-refractivity contribution in [3.05, 3.63) is 47.6 Å². The molecule has 24 heavy (non-hydrogen) atoms. The van der Waals surface area contributed by atoms with E-state index in [-0.39, 0.29) is 6.03 Å². The van der Waals surface area contributed by atoms with Gasteiger partial charge in [-0.15, -0.1) is 5.10 Å². The second-order valence-corrected chi connectivity index (χ2v) is 5.96. The molecule has 0 bridgehead atoms. The number of rotatable bonds is 1. The molecule has 0 unspecified atom stereocenters. The SMILES string of the molecule is O=C(N1CCN(c2ccccc2Cl)CC1)n1nnc2ncccc21. The summed E-state index contributed by atoms with van der Waals surface area (Å²) in [5.74, 6) is 0. The molecule has 3 aromatic rings. The summed E-state index contributed by atoms with van der Waals surface area (Å²) >= 11 is 6.25. The maximum atomic E-state index is 12.7. The van der Waals surface area contributed by atoms with Gasteiger partial charge in [0.05, 0.1) is 10.7 Å². The molecule has 1 saturated heterocycles. The van der Waals surface area contributed by atoms with Crippen LogP contribution in [-0.2, 0) is 0 Å². The highest BCUT2D eigenvalue weighted by Crippen LogP contribution is 2.26. The lowest BCUT2D eigenvalue weighted by molar-refractivity contribution is 0.193. The molecule has 0 saturated carbocycles. The van der Waals surface area contributed by atoms with Gasteiger partial charge in [0.25, 0.3) is 0 Å². The smallest absolute Gasteiger partial charge is 0.346 e. The van der Waals surface area contributed by atoms with Gasteiger partial charge in [-0.1, -0.05) is 28.9 Å². The normalized spacial score (nSPS) is 15.0. The van der Waals surface area contributed by atoms with Gasteiger partial charge in [-0.25, -0.2) is 9.78 Å². The van der Waals surface area contributed by atoms with Crippen LogP contribution >= 0.6 is 11.6 Å². The number of aromatic nitrogens is 4. The van der Waals surface area contributed by atoms with Gasteiger partial charge in [0.1, 0.15) is 5.52 Å². The zero-order valence-electron chi connectivity index (χ0n) is 12.8. The third kappa shape index (κ3) is 2.56. The fraction of sp³-hybridized carbons (Fsp3) is 0.250. The molecule has 0 N–H and O–H groups in total. The average molecular weight is 343 g/mol. The summed E-state index contributed by atoms with van der Waals surface area (Å²) in [5.41, 5.74) is 2.10. The van der Waals surface area contributed by atoms with E-state index >= 15 is 0 Å². The number of nitrogens with zero attached hydrogens (tertiary/aromatic N) is 6. The van der Waals surface area contributed by atoms with Gasteiger partial charge in [-0.3, -0.25) is 0 Å². The molecular formula is C16H15ClN6O. The minimum absolute atomic E-state index is 0.177. The molecule has 1 aromatic carbocycles. The molecule has 4 rings (SSSR count). The lowest BCUT2D eigenvalue weighted by atomic mass is 10.2. The Hall–Kier alpha value is -2.67. The number of carbonyl (C=O) groups excluding carboxylic acids is 1. The van der Waals surface area contributed by atoms with Crippen molar-refractivity contribution in [1.82, 2.24) is 24.9 Å². The molecule has 0 aliphatic carbocycles. The number of halogens is 1. The first-order chi connectivity index (χ1) is 11.7. The highest BCUT2D eigenvalue weighted by Gasteiger charge is 2.25. The predicted molar refractivity (Wildman–Crippen MR) is 91.4 cm³/mol. The number of benzene rings is 1. The van der Waals surface area contributed by atoms with Crippen LogP contribution in [-0.4, -0.2) is 57.1 Å². The van der Waals surface area contributed by atoms with Gasteiger partial charge < -0.3 is 9.80 Å². The molecule has 1 aliphatic rings. The Kier molecular flexibility index (Phi) is 3.78. The van der Waals surface area contributed by atoms with Crippen molar-refractivity contribution < 1.29 is 4.79 Å². The summed E-state index contributed by atoms with van der Waals surface area (Å²) in [4.78, 5) is 20.8. The number of hydrogen-bond donors (Lipinski definition) is 0.